The molecule has 0 aromatic heterocycles. The molecule has 3 aliphatic rings. The Labute approximate surface area is 216 Å². The van der Waals surface area contributed by atoms with E-state index in [0.717, 1.165) is 0 Å². The number of ether oxygens (including phenoxy) is 4. The van der Waals surface area contributed by atoms with Crippen molar-refractivity contribution >= 4 is 0 Å². The molecule has 0 aromatic carbocycles. The summed E-state index contributed by atoms with van der Waals surface area (Å²) in [5.74, 6) is 0. The summed E-state index contributed by atoms with van der Waals surface area (Å²) in [5, 5.41) is 85.1. The largest absolute Gasteiger partial charge is 0.394 e. The van der Waals surface area contributed by atoms with E-state index in [4.69, 9.17) is 18.9 Å². The molecule has 1 saturated carbocycles. The molecule has 1 aliphatic carbocycles. The van der Waals surface area contributed by atoms with E-state index >= 15 is 0 Å². The molecule has 0 amide bonds. The Kier molecular flexibility index (Phi) is 11.4. The molecule has 0 aromatic rings. The second kappa shape index (κ2) is 13.6. The van der Waals surface area contributed by atoms with Gasteiger partial charge in [-0.2, -0.15) is 0 Å². The predicted octanol–water partition coefficient (Wildman–Crippen LogP) is -6.25. The summed E-state index contributed by atoms with van der Waals surface area (Å²) in [6, 6.07) is -1.73. The summed E-state index contributed by atoms with van der Waals surface area (Å²) in [4.78, 5) is 0. The fourth-order valence-corrected chi connectivity index (χ4v) is 5.37. The monoisotopic (exact) mass is 540 g/mol. The highest BCUT2D eigenvalue weighted by Crippen LogP contribution is 2.32. The third-order valence-corrected chi connectivity index (χ3v) is 7.59. The third kappa shape index (κ3) is 6.42. The molecule has 3 rings (SSSR count). The number of aliphatic hydroxyl groups is 7. The maximum absolute atomic E-state index is 11.4. The van der Waals surface area contributed by atoms with Crippen LogP contribution in [0.2, 0.25) is 0 Å². The van der Waals surface area contributed by atoms with Crippen molar-refractivity contribution in [1.29, 1.82) is 0 Å². The van der Waals surface area contributed by atoms with Crippen LogP contribution >= 0.6 is 0 Å². The molecule has 3 fully saturated rings. The molecule has 0 spiro atoms. The van der Waals surface area contributed by atoms with Gasteiger partial charge in [-0.05, 0) is 34.6 Å². The van der Waals surface area contributed by atoms with Crippen LogP contribution < -0.4 is 21.3 Å². The van der Waals surface area contributed by atoms with E-state index in [0.29, 0.717) is 6.42 Å². The molecule has 2 aliphatic heterocycles. The van der Waals surface area contributed by atoms with Crippen LogP contribution in [-0.4, -0.2) is 169 Å². The fraction of sp³-hybridized carbons (Fsp3) is 1.00. The first-order chi connectivity index (χ1) is 17.6. The Morgan fingerprint density at radius 3 is 1.68 bits per heavy atom. The number of aliphatic hydroxyl groups excluding tert-OH is 7. The lowest BCUT2D eigenvalue weighted by Gasteiger charge is -2.49. The van der Waals surface area contributed by atoms with Crippen molar-refractivity contribution in [3.63, 3.8) is 0 Å². The molecule has 15 nitrogen and oxygen atoms in total. The minimum absolute atomic E-state index is 0.183. The van der Waals surface area contributed by atoms with E-state index in [-0.39, 0.29) is 6.54 Å². The molecule has 0 bridgehead atoms. The molecule has 6 unspecified atom stereocenters. The minimum atomic E-state index is -1.58. The zero-order chi connectivity index (χ0) is 27.4. The number of likely N-dealkylation sites (N-methyl/N-ethyl adjacent to an activating group) is 4. The lowest BCUT2D eigenvalue weighted by molar-refractivity contribution is -0.334. The van der Waals surface area contributed by atoms with Gasteiger partial charge in [0.25, 0.3) is 0 Å². The molecular formula is C22H44N4O11. The van der Waals surface area contributed by atoms with Crippen molar-refractivity contribution in [3.05, 3.63) is 0 Å². The van der Waals surface area contributed by atoms with E-state index in [1.807, 2.05) is 0 Å². The first-order valence-corrected chi connectivity index (χ1v) is 12.6. The van der Waals surface area contributed by atoms with Gasteiger partial charge in [-0.15, -0.1) is 0 Å². The third-order valence-electron chi connectivity index (χ3n) is 7.59. The average molecular weight is 541 g/mol. The molecule has 218 valence electrons. The van der Waals surface area contributed by atoms with Crippen LogP contribution in [-0.2, 0) is 18.9 Å². The van der Waals surface area contributed by atoms with Crippen molar-refractivity contribution in [3.8, 4) is 0 Å². The van der Waals surface area contributed by atoms with Crippen molar-refractivity contribution in [1.82, 2.24) is 21.3 Å². The van der Waals surface area contributed by atoms with Crippen molar-refractivity contribution in [2.24, 2.45) is 0 Å². The fourth-order valence-electron chi connectivity index (χ4n) is 5.37. The number of nitrogens with one attached hydrogen (secondary N) is 4. The zero-order valence-corrected chi connectivity index (χ0v) is 21.5. The van der Waals surface area contributed by atoms with Crippen molar-refractivity contribution < 1.29 is 54.7 Å². The van der Waals surface area contributed by atoms with Crippen LogP contribution in [0.1, 0.15) is 6.42 Å². The quantitative estimate of drug-likeness (QED) is 0.124. The van der Waals surface area contributed by atoms with Crippen LogP contribution in [0.15, 0.2) is 0 Å². The molecule has 2 saturated heterocycles. The summed E-state index contributed by atoms with van der Waals surface area (Å²) in [7, 11) is 6.56. The molecule has 15 atom stereocenters. The highest BCUT2D eigenvalue weighted by atomic mass is 16.7. The SMILES string of the molecule is CNC[C@@H]1O[C@H](O[C@H]2C(NC)C[C@@H](NC)[C@@H](OC3O[C@H](CO)C(O)[C@H](NC)C3O)C2O)C(O)[C@H](O)[C@@H]1O. The molecule has 0 radical (unpaired) electrons. The van der Waals surface area contributed by atoms with Crippen LogP contribution in [0.3, 0.4) is 0 Å². The Morgan fingerprint density at radius 2 is 1.19 bits per heavy atom. The Bertz CT molecular complexity index is 699. The smallest absolute Gasteiger partial charge is 0.187 e. The van der Waals surface area contributed by atoms with Gasteiger partial charge in [0.2, 0.25) is 0 Å². The van der Waals surface area contributed by atoms with Gasteiger partial charge in [-0.25, -0.2) is 0 Å². The number of rotatable bonds is 10. The first-order valence-electron chi connectivity index (χ1n) is 12.6. The predicted molar refractivity (Wildman–Crippen MR) is 127 cm³/mol. The van der Waals surface area contributed by atoms with E-state index in [2.05, 4.69) is 21.3 Å². The van der Waals surface area contributed by atoms with Crippen LogP contribution in [0, 0.1) is 0 Å². The van der Waals surface area contributed by atoms with E-state index < -0.39 is 98.4 Å². The van der Waals surface area contributed by atoms with E-state index in [9.17, 15) is 35.7 Å². The van der Waals surface area contributed by atoms with Gasteiger partial charge in [0.15, 0.2) is 12.6 Å². The van der Waals surface area contributed by atoms with Gasteiger partial charge in [-0.1, -0.05) is 0 Å². The maximum atomic E-state index is 11.4. The average Bonchev–Trinajstić information content (AvgIpc) is 2.89. The van der Waals surface area contributed by atoms with E-state index in [1.54, 1.807) is 28.2 Å². The number of hydrogen-bond donors (Lipinski definition) is 11. The van der Waals surface area contributed by atoms with E-state index in [1.165, 1.54) is 0 Å². The summed E-state index contributed by atoms with van der Waals surface area (Å²) in [6.45, 7) is -0.330. The van der Waals surface area contributed by atoms with Gasteiger partial charge >= 0.3 is 0 Å². The molecule has 11 N–H and O–H groups in total. The Hall–Kier alpha value is -0.600. The van der Waals surface area contributed by atoms with Crippen molar-refractivity contribution in [2.45, 2.75) is 98.2 Å². The summed E-state index contributed by atoms with van der Waals surface area (Å²) in [6.07, 6.45) is -14.5. The zero-order valence-electron chi connectivity index (χ0n) is 21.5. The van der Waals surface area contributed by atoms with Crippen LogP contribution in [0.25, 0.3) is 0 Å². The van der Waals surface area contributed by atoms with Gasteiger partial charge in [0.1, 0.15) is 61.0 Å². The van der Waals surface area contributed by atoms with Gasteiger partial charge < -0.3 is 76.0 Å². The summed E-state index contributed by atoms with van der Waals surface area (Å²) >= 11 is 0. The summed E-state index contributed by atoms with van der Waals surface area (Å²) in [5.41, 5.74) is 0. The van der Waals surface area contributed by atoms with Gasteiger partial charge in [-0.3, -0.25) is 0 Å². The minimum Gasteiger partial charge on any atom is -0.394 e. The van der Waals surface area contributed by atoms with Crippen LogP contribution in [0.4, 0.5) is 0 Å². The highest BCUT2D eigenvalue weighted by Gasteiger charge is 2.52. The highest BCUT2D eigenvalue weighted by molar-refractivity contribution is 5.03. The Balaban J connectivity index is 1.80. The molecule has 37 heavy (non-hydrogen) atoms. The first kappa shape index (κ1) is 30.9. The number of hydrogen-bond acceptors (Lipinski definition) is 15. The van der Waals surface area contributed by atoms with Crippen molar-refractivity contribution in [2.75, 3.05) is 41.3 Å². The standard InChI is InChI=1S/C22H44N4O11/c1-23-6-10-14(29)16(31)17(32)22(34-10)37-20-9(25-3)5-8(24-2)19(18(20)33)36-21-15(30)12(26-4)13(28)11(7-27)35-21/h8-33H,5-7H2,1-4H3/t8-,9?,10+,11-,12+,13?,14-,15?,16-,17?,18?,19-,20+,21?,22-/m1/s1. The lowest BCUT2D eigenvalue weighted by atomic mass is 9.83. The van der Waals surface area contributed by atoms with Gasteiger partial charge in [0, 0.05) is 18.6 Å². The topological polar surface area (TPSA) is 227 Å². The molecule has 15 heteroatoms. The Morgan fingerprint density at radius 1 is 0.649 bits per heavy atom. The lowest BCUT2D eigenvalue weighted by Crippen LogP contribution is -2.69. The van der Waals surface area contributed by atoms with Crippen LogP contribution in [0.5, 0.6) is 0 Å². The second-order valence-corrected chi connectivity index (χ2v) is 9.81. The van der Waals surface area contributed by atoms with Gasteiger partial charge in [0.05, 0.1) is 12.6 Å². The maximum Gasteiger partial charge on any atom is 0.187 e. The molecule has 2 heterocycles. The summed E-state index contributed by atoms with van der Waals surface area (Å²) < 4.78 is 23.4. The normalized spacial score (nSPS) is 49.2. The molecular weight excluding hydrogens is 496 g/mol. The second-order valence-electron chi connectivity index (χ2n) is 9.81.